The SMILES string of the molecule is CC(C(=O)O)N1CCN(C(=O)c2ccc([N+](=O)[O-])o2)CC1. The van der Waals surface area contributed by atoms with Crippen LogP contribution in [0.25, 0.3) is 0 Å². The van der Waals surface area contributed by atoms with Crippen LogP contribution < -0.4 is 0 Å². The van der Waals surface area contributed by atoms with Gasteiger partial charge < -0.3 is 14.4 Å². The molecule has 9 nitrogen and oxygen atoms in total. The Morgan fingerprint density at radius 3 is 2.43 bits per heavy atom. The fourth-order valence-corrected chi connectivity index (χ4v) is 2.17. The highest BCUT2D eigenvalue weighted by Gasteiger charge is 2.29. The summed E-state index contributed by atoms with van der Waals surface area (Å²) in [4.78, 5) is 36.1. The molecule has 1 amide bonds. The largest absolute Gasteiger partial charge is 0.480 e. The van der Waals surface area contributed by atoms with Crippen LogP contribution in [-0.4, -0.2) is 63.9 Å². The van der Waals surface area contributed by atoms with Crippen molar-refractivity contribution in [3.8, 4) is 0 Å². The Balaban J connectivity index is 1.96. The Labute approximate surface area is 119 Å². The zero-order valence-electron chi connectivity index (χ0n) is 11.4. The van der Waals surface area contributed by atoms with E-state index in [-0.39, 0.29) is 5.76 Å². The molecule has 1 fully saturated rings. The summed E-state index contributed by atoms with van der Waals surface area (Å²) in [6, 6.07) is 1.80. The first kappa shape index (κ1) is 15.0. The number of rotatable bonds is 4. The molecule has 0 spiro atoms. The molecule has 1 aromatic rings. The number of nitrogens with zero attached hydrogens (tertiary/aromatic N) is 3. The van der Waals surface area contributed by atoms with Crippen LogP contribution >= 0.6 is 0 Å². The first-order valence-corrected chi connectivity index (χ1v) is 6.40. The number of carbonyl (C=O) groups excluding carboxylic acids is 1. The maximum Gasteiger partial charge on any atom is 0.433 e. The van der Waals surface area contributed by atoms with Gasteiger partial charge in [-0.1, -0.05) is 0 Å². The third kappa shape index (κ3) is 3.19. The fraction of sp³-hybridized carbons (Fsp3) is 0.500. The van der Waals surface area contributed by atoms with Gasteiger partial charge in [-0.05, 0) is 13.0 Å². The second-order valence-electron chi connectivity index (χ2n) is 4.74. The van der Waals surface area contributed by atoms with E-state index < -0.39 is 28.7 Å². The Morgan fingerprint density at radius 1 is 1.33 bits per heavy atom. The van der Waals surface area contributed by atoms with Crippen molar-refractivity contribution in [1.29, 1.82) is 0 Å². The molecule has 1 aliphatic heterocycles. The van der Waals surface area contributed by atoms with Gasteiger partial charge in [-0.3, -0.25) is 24.6 Å². The molecule has 1 saturated heterocycles. The van der Waals surface area contributed by atoms with E-state index in [9.17, 15) is 19.7 Å². The zero-order valence-corrected chi connectivity index (χ0v) is 11.4. The number of nitro groups is 1. The fourth-order valence-electron chi connectivity index (χ4n) is 2.17. The third-order valence-electron chi connectivity index (χ3n) is 3.49. The number of hydrogen-bond donors (Lipinski definition) is 1. The van der Waals surface area contributed by atoms with Crippen LogP contribution in [0.15, 0.2) is 16.5 Å². The van der Waals surface area contributed by atoms with Gasteiger partial charge in [0, 0.05) is 26.2 Å². The number of carboxylic acid groups (broad SMARTS) is 1. The lowest BCUT2D eigenvalue weighted by Crippen LogP contribution is -2.53. The standard InChI is InChI=1S/C12H15N3O6/c1-8(12(17)18)13-4-6-14(7-5-13)11(16)9-2-3-10(21-9)15(19)20/h2-3,8H,4-7H2,1H3,(H,17,18). The van der Waals surface area contributed by atoms with Crippen molar-refractivity contribution >= 4 is 17.8 Å². The lowest BCUT2D eigenvalue weighted by molar-refractivity contribution is -0.402. The van der Waals surface area contributed by atoms with Crippen LogP contribution in [0, 0.1) is 10.1 Å². The van der Waals surface area contributed by atoms with Crippen LogP contribution in [0.1, 0.15) is 17.5 Å². The third-order valence-corrected chi connectivity index (χ3v) is 3.49. The van der Waals surface area contributed by atoms with E-state index in [0.717, 1.165) is 6.07 Å². The molecule has 9 heteroatoms. The maximum absolute atomic E-state index is 12.1. The molecule has 0 aliphatic carbocycles. The Hall–Kier alpha value is -2.42. The average molecular weight is 297 g/mol. The second-order valence-corrected chi connectivity index (χ2v) is 4.74. The summed E-state index contributed by atoms with van der Waals surface area (Å²) in [5, 5.41) is 19.5. The van der Waals surface area contributed by atoms with Gasteiger partial charge in [-0.25, -0.2) is 0 Å². The predicted octanol–water partition coefficient (Wildman–Crippen LogP) is 0.419. The highest BCUT2D eigenvalue weighted by atomic mass is 16.6. The molecule has 1 unspecified atom stereocenters. The summed E-state index contributed by atoms with van der Waals surface area (Å²) in [6.07, 6.45) is 0. The molecule has 2 heterocycles. The summed E-state index contributed by atoms with van der Waals surface area (Å²) in [5.41, 5.74) is 0. The van der Waals surface area contributed by atoms with Crippen molar-refractivity contribution in [2.75, 3.05) is 26.2 Å². The number of furan rings is 1. The first-order chi connectivity index (χ1) is 9.90. The summed E-state index contributed by atoms with van der Waals surface area (Å²) in [7, 11) is 0. The van der Waals surface area contributed by atoms with Gasteiger partial charge in [-0.2, -0.15) is 0 Å². The van der Waals surface area contributed by atoms with Gasteiger partial charge in [0.1, 0.15) is 11.0 Å². The molecule has 1 aromatic heterocycles. The molecule has 114 valence electrons. The van der Waals surface area contributed by atoms with E-state index in [1.54, 1.807) is 11.8 Å². The molecule has 0 aromatic carbocycles. The summed E-state index contributed by atoms with van der Waals surface area (Å²) < 4.78 is 4.87. The lowest BCUT2D eigenvalue weighted by atomic mass is 10.2. The molecular weight excluding hydrogens is 282 g/mol. The van der Waals surface area contributed by atoms with Crippen molar-refractivity contribution in [1.82, 2.24) is 9.80 Å². The van der Waals surface area contributed by atoms with Crippen LogP contribution in [0.2, 0.25) is 0 Å². The average Bonchev–Trinajstić information content (AvgIpc) is 2.96. The minimum absolute atomic E-state index is 0.0820. The van der Waals surface area contributed by atoms with Gasteiger partial charge in [-0.15, -0.1) is 0 Å². The number of amides is 1. The molecule has 21 heavy (non-hydrogen) atoms. The minimum atomic E-state index is -0.906. The second kappa shape index (κ2) is 5.92. The maximum atomic E-state index is 12.1. The monoisotopic (exact) mass is 297 g/mol. The predicted molar refractivity (Wildman–Crippen MR) is 69.9 cm³/mol. The van der Waals surface area contributed by atoms with Gasteiger partial charge in [0.15, 0.2) is 5.76 Å². The van der Waals surface area contributed by atoms with E-state index in [1.807, 2.05) is 0 Å². The molecular formula is C12H15N3O6. The van der Waals surface area contributed by atoms with Crippen LogP contribution in [0.4, 0.5) is 5.88 Å². The summed E-state index contributed by atoms with van der Waals surface area (Å²) >= 11 is 0. The molecule has 1 atom stereocenters. The molecule has 0 bridgehead atoms. The van der Waals surface area contributed by atoms with Crippen molar-refractivity contribution in [3.05, 3.63) is 28.0 Å². The molecule has 2 rings (SSSR count). The minimum Gasteiger partial charge on any atom is -0.480 e. The van der Waals surface area contributed by atoms with Crippen LogP contribution in [0.3, 0.4) is 0 Å². The molecule has 0 radical (unpaired) electrons. The highest BCUT2D eigenvalue weighted by Crippen LogP contribution is 2.18. The summed E-state index contributed by atoms with van der Waals surface area (Å²) in [5.74, 6) is -1.89. The van der Waals surface area contributed by atoms with Crippen molar-refractivity contribution in [3.63, 3.8) is 0 Å². The van der Waals surface area contributed by atoms with Gasteiger partial charge in [0.25, 0.3) is 5.91 Å². The highest BCUT2D eigenvalue weighted by molar-refractivity contribution is 5.91. The number of carboxylic acids is 1. The van der Waals surface area contributed by atoms with Crippen LogP contribution in [0.5, 0.6) is 0 Å². The Kier molecular flexibility index (Phi) is 4.22. The van der Waals surface area contributed by atoms with E-state index in [1.165, 1.54) is 11.0 Å². The number of aliphatic carboxylic acids is 1. The Morgan fingerprint density at radius 2 is 1.95 bits per heavy atom. The number of piperazine rings is 1. The topological polar surface area (TPSA) is 117 Å². The smallest absolute Gasteiger partial charge is 0.433 e. The normalized spacial score (nSPS) is 17.5. The number of carbonyl (C=O) groups is 2. The van der Waals surface area contributed by atoms with Crippen molar-refractivity contribution < 1.29 is 24.0 Å². The van der Waals surface area contributed by atoms with E-state index in [0.29, 0.717) is 26.2 Å². The van der Waals surface area contributed by atoms with Gasteiger partial charge in [0.05, 0.1) is 6.07 Å². The quantitative estimate of drug-likeness (QED) is 0.632. The zero-order chi connectivity index (χ0) is 15.6. The van der Waals surface area contributed by atoms with Gasteiger partial charge in [0.2, 0.25) is 0 Å². The van der Waals surface area contributed by atoms with Crippen molar-refractivity contribution in [2.45, 2.75) is 13.0 Å². The van der Waals surface area contributed by atoms with E-state index in [2.05, 4.69) is 0 Å². The molecule has 1 aliphatic rings. The molecule has 0 saturated carbocycles. The Bertz CT molecular complexity index is 561. The summed E-state index contributed by atoms with van der Waals surface area (Å²) in [6.45, 7) is 3.16. The van der Waals surface area contributed by atoms with E-state index in [4.69, 9.17) is 9.52 Å². The van der Waals surface area contributed by atoms with Crippen LogP contribution in [-0.2, 0) is 4.79 Å². The van der Waals surface area contributed by atoms with Crippen molar-refractivity contribution in [2.24, 2.45) is 0 Å². The molecule has 1 N–H and O–H groups in total. The number of hydrogen-bond acceptors (Lipinski definition) is 6. The lowest BCUT2D eigenvalue weighted by Gasteiger charge is -2.36. The van der Waals surface area contributed by atoms with E-state index >= 15 is 0 Å². The first-order valence-electron chi connectivity index (χ1n) is 6.40. The van der Waals surface area contributed by atoms with Gasteiger partial charge >= 0.3 is 11.9 Å².